The first-order valence-corrected chi connectivity index (χ1v) is 8.55. The van der Waals surface area contributed by atoms with Gasteiger partial charge in [-0.05, 0) is 31.0 Å². The van der Waals surface area contributed by atoms with Crippen LogP contribution in [0.15, 0.2) is 50.4 Å². The van der Waals surface area contributed by atoms with Crippen molar-refractivity contribution in [2.75, 3.05) is 6.54 Å². The van der Waals surface area contributed by atoms with Crippen molar-refractivity contribution in [3.63, 3.8) is 0 Å². The summed E-state index contributed by atoms with van der Waals surface area (Å²) in [6.07, 6.45) is 2.21. The summed E-state index contributed by atoms with van der Waals surface area (Å²) in [5.74, 6) is -0.445. The van der Waals surface area contributed by atoms with Crippen molar-refractivity contribution in [3.8, 4) is 0 Å². The molecule has 2 heterocycles. The van der Waals surface area contributed by atoms with Crippen LogP contribution in [0, 0.1) is 0 Å². The number of amides is 1. The molecule has 8 nitrogen and oxygen atoms in total. The van der Waals surface area contributed by atoms with Gasteiger partial charge in [-0.1, -0.05) is 12.1 Å². The molecule has 8 heteroatoms. The molecule has 1 aliphatic carbocycles. The molecule has 0 radical (unpaired) electrons. The molecule has 1 saturated carbocycles. The van der Waals surface area contributed by atoms with Gasteiger partial charge < -0.3 is 9.73 Å². The van der Waals surface area contributed by atoms with Gasteiger partial charge in [0, 0.05) is 18.5 Å². The quantitative estimate of drug-likeness (QED) is 0.707. The number of nitrogens with one attached hydrogen (secondary N) is 1. The highest BCUT2D eigenvalue weighted by molar-refractivity contribution is 5.79. The lowest BCUT2D eigenvalue weighted by atomic mass is 10.3. The topological polar surface area (TPSA) is 99.1 Å². The summed E-state index contributed by atoms with van der Waals surface area (Å²) >= 11 is 0. The average molecular weight is 354 g/mol. The molecule has 0 saturated heterocycles. The number of carbonyl (C=O) groups is 1. The van der Waals surface area contributed by atoms with Crippen molar-refractivity contribution >= 4 is 17.0 Å². The fourth-order valence-electron chi connectivity index (χ4n) is 2.89. The summed E-state index contributed by atoms with van der Waals surface area (Å²) in [6, 6.07) is 10.2. The van der Waals surface area contributed by atoms with Crippen molar-refractivity contribution in [2.24, 2.45) is 0 Å². The van der Waals surface area contributed by atoms with Gasteiger partial charge in [0.2, 0.25) is 5.91 Å². The highest BCUT2D eigenvalue weighted by Gasteiger charge is 2.25. The largest absolute Gasteiger partial charge is 0.420 e. The van der Waals surface area contributed by atoms with Crippen LogP contribution in [0.25, 0.3) is 11.1 Å². The summed E-state index contributed by atoms with van der Waals surface area (Å²) in [6.45, 7) is 0.400. The Morgan fingerprint density at radius 2 is 2.00 bits per heavy atom. The van der Waals surface area contributed by atoms with Crippen molar-refractivity contribution < 1.29 is 9.21 Å². The minimum absolute atomic E-state index is 0.139. The Kier molecular flexibility index (Phi) is 4.16. The van der Waals surface area contributed by atoms with Gasteiger partial charge in [-0.3, -0.25) is 14.2 Å². The first-order chi connectivity index (χ1) is 12.6. The molecule has 0 bridgehead atoms. The lowest BCUT2D eigenvalue weighted by Gasteiger charge is -2.08. The van der Waals surface area contributed by atoms with Crippen LogP contribution in [0.5, 0.6) is 0 Å². The number of hydrogen-bond donors (Lipinski definition) is 1. The van der Waals surface area contributed by atoms with Gasteiger partial charge in [-0.15, -0.1) is 0 Å². The smallest absolute Gasteiger partial charge is 0.408 e. The lowest BCUT2D eigenvalue weighted by Crippen LogP contribution is -2.35. The minimum atomic E-state index is -0.573. The molecule has 2 aromatic heterocycles. The Morgan fingerprint density at radius 3 is 2.81 bits per heavy atom. The molecule has 1 fully saturated rings. The van der Waals surface area contributed by atoms with Gasteiger partial charge in [-0.2, -0.15) is 5.10 Å². The van der Waals surface area contributed by atoms with E-state index in [9.17, 15) is 14.4 Å². The monoisotopic (exact) mass is 354 g/mol. The molecule has 0 spiro atoms. The van der Waals surface area contributed by atoms with Gasteiger partial charge in [-0.25, -0.2) is 9.48 Å². The Balaban J connectivity index is 1.38. The van der Waals surface area contributed by atoms with Crippen LogP contribution in [-0.2, 0) is 17.9 Å². The summed E-state index contributed by atoms with van der Waals surface area (Å²) in [5, 5.41) is 7.06. The van der Waals surface area contributed by atoms with E-state index >= 15 is 0 Å². The van der Waals surface area contributed by atoms with E-state index in [0.29, 0.717) is 17.0 Å². The molecule has 3 aromatic rings. The number of aromatic nitrogens is 3. The molecule has 0 atom stereocenters. The first kappa shape index (κ1) is 16.3. The third-order valence-corrected chi connectivity index (χ3v) is 4.40. The van der Waals surface area contributed by atoms with Crippen molar-refractivity contribution in [3.05, 3.63) is 63.0 Å². The van der Waals surface area contributed by atoms with Gasteiger partial charge in [0.25, 0.3) is 5.56 Å². The zero-order valence-electron chi connectivity index (χ0n) is 14.1. The number of nitrogens with zero attached hydrogens (tertiary/aromatic N) is 3. The van der Waals surface area contributed by atoms with E-state index < -0.39 is 5.76 Å². The third-order valence-electron chi connectivity index (χ3n) is 4.40. The standard InChI is InChI=1S/C18H18N4O4/c23-16(11-21-14-3-1-2-4-15(14)26-18(21)25)19-9-10-22-17(24)8-7-13(20-22)12-5-6-12/h1-4,7-8,12H,5-6,9-11H2,(H,19,23). The lowest BCUT2D eigenvalue weighted by molar-refractivity contribution is -0.121. The van der Waals surface area contributed by atoms with E-state index in [4.69, 9.17) is 4.42 Å². The Morgan fingerprint density at radius 1 is 1.19 bits per heavy atom. The van der Waals surface area contributed by atoms with Crippen LogP contribution in [0.2, 0.25) is 0 Å². The Labute approximate surface area is 148 Å². The van der Waals surface area contributed by atoms with Gasteiger partial charge in [0.05, 0.1) is 17.8 Å². The van der Waals surface area contributed by atoms with Crippen LogP contribution in [0.1, 0.15) is 24.5 Å². The third kappa shape index (κ3) is 3.30. The van der Waals surface area contributed by atoms with Crippen LogP contribution in [0.4, 0.5) is 0 Å². The zero-order chi connectivity index (χ0) is 18.1. The van der Waals surface area contributed by atoms with Crippen molar-refractivity contribution in [1.82, 2.24) is 19.7 Å². The number of carbonyl (C=O) groups excluding carboxylic acids is 1. The Hall–Kier alpha value is -3.16. The second-order valence-electron chi connectivity index (χ2n) is 6.37. The second-order valence-corrected chi connectivity index (χ2v) is 6.37. The highest BCUT2D eigenvalue weighted by atomic mass is 16.4. The number of hydrogen-bond acceptors (Lipinski definition) is 5. The molecule has 134 valence electrons. The van der Waals surface area contributed by atoms with E-state index in [0.717, 1.165) is 18.5 Å². The first-order valence-electron chi connectivity index (χ1n) is 8.55. The molecule has 1 N–H and O–H groups in total. The SMILES string of the molecule is O=C(Cn1c(=O)oc2ccccc21)NCCn1nc(C2CC2)ccc1=O. The summed E-state index contributed by atoms with van der Waals surface area (Å²) < 4.78 is 7.75. The molecule has 1 aromatic carbocycles. The highest BCUT2D eigenvalue weighted by Crippen LogP contribution is 2.38. The maximum Gasteiger partial charge on any atom is 0.420 e. The van der Waals surface area contributed by atoms with Crippen molar-refractivity contribution in [1.29, 1.82) is 0 Å². The molecule has 0 aliphatic heterocycles. The maximum atomic E-state index is 12.1. The van der Waals surface area contributed by atoms with E-state index in [1.54, 1.807) is 30.3 Å². The summed E-state index contributed by atoms with van der Waals surface area (Å²) in [5.41, 5.74) is 1.74. The molecular weight excluding hydrogens is 336 g/mol. The fourth-order valence-corrected chi connectivity index (χ4v) is 2.89. The van der Waals surface area contributed by atoms with Gasteiger partial charge in [0.1, 0.15) is 6.54 Å². The van der Waals surface area contributed by atoms with E-state index in [1.165, 1.54) is 15.3 Å². The molecule has 1 amide bonds. The summed E-state index contributed by atoms with van der Waals surface area (Å²) in [4.78, 5) is 35.9. The molecule has 4 rings (SSSR count). The molecule has 26 heavy (non-hydrogen) atoms. The number of rotatable bonds is 6. The maximum absolute atomic E-state index is 12.1. The van der Waals surface area contributed by atoms with Crippen molar-refractivity contribution in [2.45, 2.75) is 31.8 Å². The van der Waals surface area contributed by atoms with Crippen LogP contribution < -0.4 is 16.6 Å². The number of fused-ring (bicyclic) bond motifs is 1. The minimum Gasteiger partial charge on any atom is -0.408 e. The normalized spacial score (nSPS) is 13.8. The number of oxazole rings is 1. The van der Waals surface area contributed by atoms with Crippen LogP contribution in [0.3, 0.4) is 0 Å². The van der Waals surface area contributed by atoms with E-state index in [2.05, 4.69) is 10.4 Å². The molecule has 0 unspecified atom stereocenters. The average Bonchev–Trinajstić information content (AvgIpc) is 3.42. The molecular formula is C18H18N4O4. The van der Waals surface area contributed by atoms with Crippen LogP contribution >= 0.6 is 0 Å². The predicted octanol–water partition coefficient (Wildman–Crippen LogP) is 0.845. The van der Waals surface area contributed by atoms with Gasteiger partial charge >= 0.3 is 5.76 Å². The van der Waals surface area contributed by atoms with Gasteiger partial charge in [0.15, 0.2) is 5.58 Å². The predicted molar refractivity (Wildman–Crippen MR) is 94.0 cm³/mol. The van der Waals surface area contributed by atoms with E-state index in [1.807, 2.05) is 0 Å². The number of para-hydroxylation sites is 2. The number of benzene rings is 1. The van der Waals surface area contributed by atoms with Crippen LogP contribution in [-0.4, -0.2) is 26.8 Å². The second kappa shape index (κ2) is 6.62. The summed E-state index contributed by atoms with van der Waals surface area (Å²) in [7, 11) is 0. The fraction of sp³-hybridized carbons (Fsp3) is 0.333. The van der Waals surface area contributed by atoms with E-state index in [-0.39, 0.29) is 31.1 Å². The molecule has 1 aliphatic rings. The Bertz CT molecular complexity index is 1070. The zero-order valence-corrected chi connectivity index (χ0v) is 14.1.